The molecule has 4 nitrogen and oxygen atoms in total. The van der Waals surface area contributed by atoms with Gasteiger partial charge >= 0.3 is 0 Å². The standard InChI is InChI=1S/C14H23FN2O2S/c1-5-14(3,6-2)17-20(18,19)13-9-11(10-16-4)7-8-12(13)15/h7-9,16-17H,5-6,10H2,1-4H3. The average molecular weight is 302 g/mol. The summed E-state index contributed by atoms with van der Waals surface area (Å²) in [6.45, 7) is 6.11. The van der Waals surface area contributed by atoms with Crippen LogP contribution in [-0.2, 0) is 16.6 Å². The van der Waals surface area contributed by atoms with Gasteiger partial charge in [-0.2, -0.15) is 0 Å². The molecule has 20 heavy (non-hydrogen) atoms. The summed E-state index contributed by atoms with van der Waals surface area (Å²) in [5.74, 6) is -0.730. The van der Waals surface area contributed by atoms with Gasteiger partial charge < -0.3 is 5.32 Å². The van der Waals surface area contributed by atoms with Crippen molar-refractivity contribution in [3.05, 3.63) is 29.6 Å². The zero-order chi connectivity index (χ0) is 15.4. The molecule has 0 atom stereocenters. The Morgan fingerprint density at radius 1 is 1.25 bits per heavy atom. The molecule has 0 aliphatic heterocycles. The highest BCUT2D eigenvalue weighted by Crippen LogP contribution is 2.21. The highest BCUT2D eigenvalue weighted by atomic mass is 32.2. The summed E-state index contributed by atoms with van der Waals surface area (Å²) in [6.07, 6.45) is 1.28. The third kappa shape index (κ3) is 4.01. The van der Waals surface area contributed by atoms with Gasteiger partial charge in [0.1, 0.15) is 10.7 Å². The van der Waals surface area contributed by atoms with Crippen LogP contribution in [0.1, 0.15) is 39.2 Å². The van der Waals surface area contributed by atoms with Crippen molar-refractivity contribution >= 4 is 10.0 Å². The van der Waals surface area contributed by atoms with Crippen molar-refractivity contribution < 1.29 is 12.8 Å². The molecule has 1 aromatic rings. The number of rotatable bonds is 7. The molecule has 0 spiro atoms. The first-order chi connectivity index (χ1) is 9.28. The van der Waals surface area contributed by atoms with Crippen LogP contribution < -0.4 is 10.0 Å². The van der Waals surface area contributed by atoms with Crippen LogP contribution in [0, 0.1) is 5.82 Å². The van der Waals surface area contributed by atoms with E-state index in [1.54, 1.807) is 13.1 Å². The third-order valence-corrected chi connectivity index (χ3v) is 5.26. The van der Waals surface area contributed by atoms with E-state index in [4.69, 9.17) is 0 Å². The summed E-state index contributed by atoms with van der Waals surface area (Å²) in [6, 6.07) is 4.14. The predicted octanol–water partition coefficient (Wildman–Crippen LogP) is 2.40. The summed E-state index contributed by atoms with van der Waals surface area (Å²) in [7, 11) is -2.12. The Hall–Kier alpha value is -0.980. The van der Waals surface area contributed by atoms with Crippen molar-refractivity contribution in [1.82, 2.24) is 10.0 Å². The van der Waals surface area contributed by atoms with Gasteiger partial charge in [-0.3, -0.25) is 0 Å². The molecule has 2 N–H and O–H groups in total. The minimum atomic E-state index is -3.87. The monoisotopic (exact) mass is 302 g/mol. The van der Waals surface area contributed by atoms with Crippen LogP contribution >= 0.6 is 0 Å². The van der Waals surface area contributed by atoms with Crippen molar-refractivity contribution in [2.24, 2.45) is 0 Å². The largest absolute Gasteiger partial charge is 0.316 e. The molecule has 0 radical (unpaired) electrons. The van der Waals surface area contributed by atoms with Gasteiger partial charge in [-0.15, -0.1) is 0 Å². The second-order valence-corrected chi connectivity index (χ2v) is 6.82. The number of halogens is 1. The van der Waals surface area contributed by atoms with Gasteiger partial charge in [0.25, 0.3) is 0 Å². The van der Waals surface area contributed by atoms with Crippen LogP contribution in [0.2, 0.25) is 0 Å². The van der Waals surface area contributed by atoms with E-state index in [1.165, 1.54) is 12.1 Å². The van der Waals surface area contributed by atoms with Gasteiger partial charge in [0, 0.05) is 12.1 Å². The Bertz CT molecular complexity index is 554. The first-order valence-corrected chi connectivity index (χ1v) is 8.23. The van der Waals surface area contributed by atoms with Crippen molar-refractivity contribution in [2.45, 2.75) is 50.6 Å². The van der Waals surface area contributed by atoms with Gasteiger partial charge in [-0.1, -0.05) is 19.9 Å². The second kappa shape index (κ2) is 6.65. The maximum absolute atomic E-state index is 13.8. The van der Waals surface area contributed by atoms with E-state index in [1.807, 2.05) is 20.8 Å². The fourth-order valence-corrected chi connectivity index (χ4v) is 3.52. The molecule has 0 fully saturated rings. The lowest BCUT2D eigenvalue weighted by molar-refractivity contribution is 0.387. The maximum atomic E-state index is 13.8. The van der Waals surface area contributed by atoms with E-state index in [0.29, 0.717) is 19.4 Å². The van der Waals surface area contributed by atoms with Gasteiger partial charge in [-0.05, 0) is 44.5 Å². The van der Waals surface area contributed by atoms with E-state index in [0.717, 1.165) is 5.56 Å². The van der Waals surface area contributed by atoms with E-state index in [-0.39, 0.29) is 4.90 Å². The molecule has 0 saturated heterocycles. The number of hydrogen-bond acceptors (Lipinski definition) is 3. The van der Waals surface area contributed by atoms with Gasteiger partial charge in [0.05, 0.1) is 0 Å². The van der Waals surface area contributed by atoms with Gasteiger partial charge in [0.15, 0.2) is 0 Å². The lowest BCUT2D eigenvalue weighted by Gasteiger charge is -2.28. The van der Waals surface area contributed by atoms with Crippen LogP contribution in [0.5, 0.6) is 0 Å². The van der Waals surface area contributed by atoms with E-state index in [9.17, 15) is 12.8 Å². The first-order valence-electron chi connectivity index (χ1n) is 6.75. The molecule has 114 valence electrons. The Balaban J connectivity index is 3.18. The highest BCUT2D eigenvalue weighted by molar-refractivity contribution is 7.89. The molecular weight excluding hydrogens is 279 g/mol. The second-order valence-electron chi connectivity index (χ2n) is 5.17. The smallest absolute Gasteiger partial charge is 0.243 e. The molecule has 0 saturated carbocycles. The SMILES string of the molecule is CCC(C)(CC)NS(=O)(=O)c1cc(CNC)ccc1F. The Morgan fingerprint density at radius 3 is 2.35 bits per heavy atom. The molecule has 0 bridgehead atoms. The topological polar surface area (TPSA) is 58.2 Å². The molecular formula is C14H23FN2O2S. The summed E-state index contributed by atoms with van der Waals surface area (Å²) in [4.78, 5) is -0.293. The van der Waals surface area contributed by atoms with Gasteiger partial charge in [0.2, 0.25) is 10.0 Å². The van der Waals surface area contributed by atoms with Crippen molar-refractivity contribution in [3.8, 4) is 0 Å². The molecule has 0 amide bonds. The minimum absolute atomic E-state index is 0.293. The van der Waals surface area contributed by atoms with Crippen LogP contribution in [0.3, 0.4) is 0 Å². The molecule has 0 aliphatic rings. The van der Waals surface area contributed by atoms with Crippen molar-refractivity contribution in [1.29, 1.82) is 0 Å². The molecule has 6 heteroatoms. The number of nitrogens with one attached hydrogen (secondary N) is 2. The lowest BCUT2D eigenvalue weighted by Crippen LogP contribution is -2.45. The summed E-state index contributed by atoms with van der Waals surface area (Å²) in [5.41, 5.74) is 0.161. The van der Waals surface area contributed by atoms with E-state index in [2.05, 4.69) is 10.0 Å². The zero-order valence-corrected chi connectivity index (χ0v) is 13.3. The van der Waals surface area contributed by atoms with Crippen LogP contribution in [0.25, 0.3) is 0 Å². The number of benzene rings is 1. The molecule has 1 aromatic carbocycles. The summed E-state index contributed by atoms with van der Waals surface area (Å²) < 4.78 is 41.2. The van der Waals surface area contributed by atoms with E-state index < -0.39 is 21.4 Å². The van der Waals surface area contributed by atoms with Crippen LogP contribution in [0.4, 0.5) is 4.39 Å². The molecule has 0 heterocycles. The summed E-state index contributed by atoms with van der Waals surface area (Å²) >= 11 is 0. The van der Waals surface area contributed by atoms with E-state index >= 15 is 0 Å². The minimum Gasteiger partial charge on any atom is -0.316 e. The zero-order valence-electron chi connectivity index (χ0n) is 12.5. The van der Waals surface area contributed by atoms with Crippen molar-refractivity contribution in [3.63, 3.8) is 0 Å². The fraction of sp³-hybridized carbons (Fsp3) is 0.571. The van der Waals surface area contributed by atoms with Crippen LogP contribution in [0.15, 0.2) is 23.1 Å². The Labute approximate surface area is 120 Å². The van der Waals surface area contributed by atoms with Gasteiger partial charge in [-0.25, -0.2) is 17.5 Å². The molecule has 1 rings (SSSR count). The normalized spacial score (nSPS) is 12.7. The fourth-order valence-electron chi connectivity index (χ4n) is 1.84. The first kappa shape index (κ1) is 17.1. The Morgan fingerprint density at radius 2 is 1.85 bits per heavy atom. The molecule has 0 aliphatic carbocycles. The third-order valence-electron chi connectivity index (χ3n) is 3.61. The molecule has 0 unspecified atom stereocenters. The summed E-state index contributed by atoms with van der Waals surface area (Å²) in [5, 5.41) is 2.92. The van der Waals surface area contributed by atoms with Crippen molar-refractivity contribution in [2.75, 3.05) is 7.05 Å². The average Bonchev–Trinajstić information content (AvgIpc) is 2.40. The number of hydrogen-bond donors (Lipinski definition) is 2. The predicted molar refractivity (Wildman–Crippen MR) is 78.5 cm³/mol. The lowest BCUT2D eigenvalue weighted by atomic mass is 9.98. The molecule has 0 aromatic heterocycles. The van der Waals surface area contributed by atoms with Crippen LogP contribution in [-0.4, -0.2) is 21.0 Å². The quantitative estimate of drug-likeness (QED) is 0.813. The number of sulfonamides is 1. The highest BCUT2D eigenvalue weighted by Gasteiger charge is 2.29. The maximum Gasteiger partial charge on any atom is 0.243 e. The Kier molecular flexibility index (Phi) is 5.68.